The monoisotopic (exact) mass is 316 g/mol. The largest absolute Gasteiger partial charge is 0.326 e. The molecule has 4 nitrogen and oxygen atoms in total. The van der Waals surface area contributed by atoms with Crippen LogP contribution in [-0.2, 0) is 16.6 Å². The first-order chi connectivity index (χ1) is 9.83. The molecule has 0 heterocycles. The molecule has 0 atom stereocenters. The number of sulfonamides is 1. The molecule has 3 N–H and O–H groups in total. The average molecular weight is 316 g/mol. The van der Waals surface area contributed by atoms with Crippen LogP contribution in [-0.4, -0.2) is 8.42 Å². The van der Waals surface area contributed by atoms with E-state index in [4.69, 9.17) is 5.73 Å². The smallest absolute Gasteiger partial charge is 0.264 e. The summed E-state index contributed by atoms with van der Waals surface area (Å²) in [5.41, 5.74) is 5.12. The number of hydrogen-bond donors (Lipinski definition) is 2. The summed E-state index contributed by atoms with van der Waals surface area (Å²) in [5, 5.41) is 0. The number of halogens is 3. The second-order valence-corrected chi connectivity index (χ2v) is 5.85. The second kappa shape index (κ2) is 5.74. The Kier molecular flexibility index (Phi) is 4.19. The maximum Gasteiger partial charge on any atom is 0.264 e. The molecule has 0 aromatic heterocycles. The van der Waals surface area contributed by atoms with Crippen molar-refractivity contribution < 1.29 is 21.6 Å². The Morgan fingerprint density at radius 2 is 1.71 bits per heavy atom. The van der Waals surface area contributed by atoms with Crippen molar-refractivity contribution in [1.82, 2.24) is 0 Å². The van der Waals surface area contributed by atoms with Gasteiger partial charge in [-0.05, 0) is 29.8 Å². The van der Waals surface area contributed by atoms with Crippen molar-refractivity contribution in [2.45, 2.75) is 11.4 Å². The molecule has 0 aliphatic carbocycles. The van der Waals surface area contributed by atoms with E-state index in [1.807, 2.05) is 4.72 Å². The number of hydrogen-bond acceptors (Lipinski definition) is 3. The molecule has 112 valence electrons. The quantitative estimate of drug-likeness (QED) is 0.909. The Morgan fingerprint density at radius 3 is 2.33 bits per heavy atom. The molecule has 21 heavy (non-hydrogen) atoms. The molecule has 0 saturated carbocycles. The van der Waals surface area contributed by atoms with Crippen molar-refractivity contribution in [2.75, 3.05) is 4.72 Å². The summed E-state index contributed by atoms with van der Waals surface area (Å²) >= 11 is 0. The van der Waals surface area contributed by atoms with E-state index in [0.717, 1.165) is 24.3 Å². The molecule has 2 aromatic rings. The van der Waals surface area contributed by atoms with Gasteiger partial charge in [-0.25, -0.2) is 21.6 Å². The highest BCUT2D eigenvalue weighted by molar-refractivity contribution is 7.92. The molecule has 0 radical (unpaired) electrons. The highest BCUT2D eigenvalue weighted by Crippen LogP contribution is 2.22. The molecule has 0 aliphatic rings. The van der Waals surface area contributed by atoms with E-state index in [1.165, 1.54) is 6.07 Å². The van der Waals surface area contributed by atoms with Gasteiger partial charge in [0.2, 0.25) is 0 Å². The van der Waals surface area contributed by atoms with Gasteiger partial charge in [-0.1, -0.05) is 6.07 Å². The molecular weight excluding hydrogens is 305 g/mol. The first-order valence-corrected chi connectivity index (χ1v) is 7.28. The molecule has 2 aromatic carbocycles. The number of anilines is 1. The first-order valence-electron chi connectivity index (χ1n) is 5.80. The van der Waals surface area contributed by atoms with Gasteiger partial charge in [0.1, 0.15) is 22.3 Å². The normalized spacial score (nSPS) is 11.4. The van der Waals surface area contributed by atoms with Crippen molar-refractivity contribution >= 4 is 15.7 Å². The molecule has 2 rings (SSSR count). The Bertz CT molecular complexity index is 779. The van der Waals surface area contributed by atoms with Gasteiger partial charge in [-0.15, -0.1) is 0 Å². The minimum atomic E-state index is -4.38. The van der Waals surface area contributed by atoms with Gasteiger partial charge in [0, 0.05) is 12.6 Å². The van der Waals surface area contributed by atoms with Crippen LogP contribution < -0.4 is 10.5 Å². The van der Waals surface area contributed by atoms with Gasteiger partial charge >= 0.3 is 0 Å². The van der Waals surface area contributed by atoms with E-state index in [0.29, 0.717) is 11.6 Å². The minimum Gasteiger partial charge on any atom is -0.326 e. The third-order valence-corrected chi connectivity index (χ3v) is 4.09. The molecule has 0 saturated heterocycles. The van der Waals surface area contributed by atoms with Gasteiger partial charge in [0.15, 0.2) is 0 Å². The number of benzene rings is 2. The third kappa shape index (κ3) is 3.34. The van der Waals surface area contributed by atoms with E-state index < -0.39 is 38.1 Å². The van der Waals surface area contributed by atoms with Crippen LogP contribution in [0.4, 0.5) is 18.9 Å². The fraction of sp³-hybridized carbons (Fsp3) is 0.0769. The summed E-state index contributed by atoms with van der Waals surface area (Å²) < 4.78 is 66.1. The first kappa shape index (κ1) is 15.3. The fourth-order valence-electron chi connectivity index (χ4n) is 1.66. The Morgan fingerprint density at radius 1 is 1.00 bits per heavy atom. The van der Waals surface area contributed by atoms with Crippen LogP contribution in [0.15, 0.2) is 41.3 Å². The third-order valence-electron chi connectivity index (χ3n) is 2.69. The Balaban J connectivity index is 2.41. The molecule has 0 aliphatic heterocycles. The summed E-state index contributed by atoms with van der Waals surface area (Å²) in [5.74, 6) is -2.82. The lowest BCUT2D eigenvalue weighted by atomic mass is 10.2. The molecule has 0 bridgehead atoms. The minimum absolute atomic E-state index is 0.0448. The van der Waals surface area contributed by atoms with Gasteiger partial charge in [-0.2, -0.15) is 0 Å². The van der Waals surface area contributed by atoms with Crippen molar-refractivity contribution in [3.8, 4) is 0 Å². The summed E-state index contributed by atoms with van der Waals surface area (Å²) in [6.45, 7) is 0.0448. The lowest BCUT2D eigenvalue weighted by molar-refractivity contribution is 0.568. The van der Waals surface area contributed by atoms with Crippen molar-refractivity contribution in [3.05, 3.63) is 59.4 Å². The second-order valence-electron chi connectivity index (χ2n) is 4.20. The average Bonchev–Trinajstić information content (AvgIpc) is 2.42. The highest BCUT2D eigenvalue weighted by atomic mass is 32.2. The SMILES string of the molecule is NCc1ccc(S(=O)(=O)Nc2cc(F)ccc2F)c(F)c1. The predicted molar refractivity (Wildman–Crippen MR) is 71.5 cm³/mol. The lowest BCUT2D eigenvalue weighted by Crippen LogP contribution is -2.16. The van der Waals surface area contributed by atoms with E-state index in [-0.39, 0.29) is 6.54 Å². The van der Waals surface area contributed by atoms with Crippen molar-refractivity contribution in [1.29, 1.82) is 0 Å². The molecule has 0 amide bonds. The van der Waals surface area contributed by atoms with Gasteiger partial charge in [0.25, 0.3) is 10.0 Å². The van der Waals surface area contributed by atoms with Gasteiger partial charge in [0.05, 0.1) is 5.69 Å². The van der Waals surface area contributed by atoms with Crippen LogP contribution in [0.2, 0.25) is 0 Å². The molecule has 0 fully saturated rings. The van der Waals surface area contributed by atoms with E-state index in [2.05, 4.69) is 0 Å². The van der Waals surface area contributed by atoms with Gasteiger partial charge in [-0.3, -0.25) is 4.72 Å². The van der Waals surface area contributed by atoms with Crippen LogP contribution >= 0.6 is 0 Å². The zero-order valence-electron chi connectivity index (χ0n) is 10.6. The molecular formula is C13H11F3N2O2S. The Hall–Kier alpha value is -2.06. The maximum atomic E-state index is 13.8. The molecule has 0 unspecified atom stereocenters. The van der Waals surface area contributed by atoms with Crippen LogP contribution in [0.1, 0.15) is 5.56 Å². The predicted octanol–water partition coefficient (Wildman–Crippen LogP) is 2.36. The van der Waals surface area contributed by atoms with Gasteiger partial charge < -0.3 is 5.73 Å². The summed E-state index contributed by atoms with van der Waals surface area (Å²) in [6, 6.07) is 5.58. The zero-order chi connectivity index (χ0) is 15.6. The number of nitrogens with two attached hydrogens (primary N) is 1. The van der Waals surface area contributed by atoms with Crippen LogP contribution in [0.25, 0.3) is 0 Å². The van der Waals surface area contributed by atoms with Crippen LogP contribution in [0, 0.1) is 17.5 Å². The molecule has 0 spiro atoms. The zero-order valence-corrected chi connectivity index (χ0v) is 11.4. The standard InChI is InChI=1S/C13H11F3N2O2S/c14-9-2-3-10(15)12(6-9)18-21(19,20)13-4-1-8(7-17)5-11(13)16/h1-6,18H,7,17H2. The van der Waals surface area contributed by atoms with E-state index >= 15 is 0 Å². The maximum absolute atomic E-state index is 13.8. The summed E-state index contributed by atoms with van der Waals surface area (Å²) in [7, 11) is -4.38. The van der Waals surface area contributed by atoms with E-state index in [9.17, 15) is 21.6 Å². The number of nitrogens with one attached hydrogen (secondary N) is 1. The molecule has 8 heteroatoms. The van der Waals surface area contributed by atoms with Crippen LogP contribution in [0.3, 0.4) is 0 Å². The summed E-state index contributed by atoms with van der Waals surface area (Å²) in [4.78, 5) is -0.677. The fourth-order valence-corrected chi connectivity index (χ4v) is 2.78. The highest BCUT2D eigenvalue weighted by Gasteiger charge is 2.21. The van der Waals surface area contributed by atoms with E-state index in [1.54, 1.807) is 0 Å². The lowest BCUT2D eigenvalue weighted by Gasteiger charge is -2.10. The topological polar surface area (TPSA) is 72.2 Å². The number of rotatable bonds is 4. The van der Waals surface area contributed by atoms with Crippen molar-refractivity contribution in [2.24, 2.45) is 5.73 Å². The van der Waals surface area contributed by atoms with Crippen molar-refractivity contribution in [3.63, 3.8) is 0 Å². The Labute approximate surface area is 119 Å². The summed E-state index contributed by atoms with van der Waals surface area (Å²) in [6.07, 6.45) is 0. The van der Waals surface area contributed by atoms with Crippen LogP contribution in [0.5, 0.6) is 0 Å².